The van der Waals surface area contributed by atoms with Gasteiger partial charge in [0.2, 0.25) is 10.0 Å². The number of nitrogens with zero attached hydrogens (tertiary/aromatic N) is 2. The van der Waals surface area contributed by atoms with E-state index in [-0.39, 0.29) is 5.92 Å². The fraction of sp³-hybridized carbons (Fsp3) is 0.379. The number of benzene rings is 3. The summed E-state index contributed by atoms with van der Waals surface area (Å²) in [5, 5.41) is 1.14. The minimum atomic E-state index is -3.60. The number of thioether (sulfide) groups is 1. The Morgan fingerprint density at radius 3 is 2.32 bits per heavy atom. The molecule has 3 aromatic carbocycles. The number of piperidine rings is 1. The molecule has 37 heavy (non-hydrogen) atoms. The van der Waals surface area contributed by atoms with E-state index < -0.39 is 10.0 Å². The molecule has 0 radical (unpaired) electrons. The number of halogens is 2. The van der Waals surface area contributed by atoms with Gasteiger partial charge in [-0.15, -0.1) is 11.8 Å². The average Bonchev–Trinajstić information content (AvgIpc) is 3.25. The number of likely N-dealkylation sites (tertiary alicyclic amines) is 1. The third-order valence-corrected chi connectivity index (χ3v) is 11.5. The van der Waals surface area contributed by atoms with E-state index >= 15 is 0 Å². The van der Waals surface area contributed by atoms with Gasteiger partial charge in [0.15, 0.2) is 0 Å². The molecule has 4 nitrogen and oxygen atoms in total. The Morgan fingerprint density at radius 2 is 1.62 bits per heavy atom. The molecular formula is C29H32Cl2N2O2S2. The molecule has 1 fully saturated rings. The van der Waals surface area contributed by atoms with Gasteiger partial charge in [-0.05, 0) is 92.3 Å². The molecule has 1 unspecified atom stereocenters. The third kappa shape index (κ3) is 5.90. The summed E-state index contributed by atoms with van der Waals surface area (Å²) in [5.74, 6) is 1.14. The van der Waals surface area contributed by atoms with E-state index in [2.05, 4.69) is 29.2 Å². The summed E-state index contributed by atoms with van der Waals surface area (Å²) < 4.78 is 27.9. The number of hydrogen-bond donors (Lipinski definition) is 0. The van der Waals surface area contributed by atoms with Gasteiger partial charge in [0.1, 0.15) is 0 Å². The van der Waals surface area contributed by atoms with E-state index in [0.29, 0.717) is 26.9 Å². The van der Waals surface area contributed by atoms with Crippen molar-refractivity contribution in [3.05, 3.63) is 94.0 Å². The monoisotopic (exact) mass is 574 g/mol. The number of hydrogen-bond acceptors (Lipinski definition) is 4. The van der Waals surface area contributed by atoms with Crippen LogP contribution >= 0.6 is 35.0 Å². The molecule has 2 aliphatic rings. The summed E-state index contributed by atoms with van der Waals surface area (Å²) in [5.41, 5.74) is 2.79. The van der Waals surface area contributed by atoms with Gasteiger partial charge in [0.05, 0.1) is 4.90 Å². The smallest absolute Gasteiger partial charge is 0.242 e. The second-order valence-corrected chi connectivity index (χ2v) is 14.1. The van der Waals surface area contributed by atoms with Crippen LogP contribution in [0.5, 0.6) is 0 Å². The molecule has 196 valence electrons. The van der Waals surface area contributed by atoms with Crippen LogP contribution in [0.4, 0.5) is 0 Å². The maximum absolute atomic E-state index is 13.2. The van der Waals surface area contributed by atoms with Crippen LogP contribution in [0.3, 0.4) is 0 Å². The van der Waals surface area contributed by atoms with Crippen LogP contribution < -0.4 is 0 Å². The SMILES string of the molecule is CN(CC(CCN1CCC2(CC1)CSc1ccccc12)c1cc(Cl)cc(Cl)c1)S(=O)(=O)c1ccccc1. The summed E-state index contributed by atoms with van der Waals surface area (Å²) in [6, 6.07) is 23.0. The molecule has 2 heterocycles. The molecule has 3 aromatic rings. The van der Waals surface area contributed by atoms with Gasteiger partial charge >= 0.3 is 0 Å². The summed E-state index contributed by atoms with van der Waals surface area (Å²) in [6.45, 7) is 3.36. The standard InChI is InChI=1S/C29H32Cl2N2O2S2/c1-32(37(34,35)26-7-3-2-4-8-26)20-22(23-17-24(30)19-25(31)18-23)11-14-33-15-12-29(13-16-33)21-36-28-10-6-5-9-27(28)29/h2-10,17-19,22H,11-16,20-21H2,1H3. The van der Waals surface area contributed by atoms with Gasteiger partial charge in [-0.2, -0.15) is 0 Å². The highest BCUT2D eigenvalue weighted by molar-refractivity contribution is 7.99. The Labute approximate surface area is 235 Å². The van der Waals surface area contributed by atoms with E-state index in [4.69, 9.17) is 23.2 Å². The van der Waals surface area contributed by atoms with Crippen LogP contribution in [0.2, 0.25) is 10.0 Å². The van der Waals surface area contributed by atoms with Crippen molar-refractivity contribution in [3.63, 3.8) is 0 Å². The topological polar surface area (TPSA) is 40.6 Å². The Balaban J connectivity index is 1.29. The average molecular weight is 576 g/mol. The van der Waals surface area contributed by atoms with Gasteiger partial charge in [-0.1, -0.05) is 59.6 Å². The summed E-state index contributed by atoms with van der Waals surface area (Å²) in [6.07, 6.45) is 3.14. The van der Waals surface area contributed by atoms with Crippen molar-refractivity contribution >= 4 is 45.0 Å². The first-order valence-electron chi connectivity index (χ1n) is 12.7. The first-order valence-corrected chi connectivity index (χ1v) is 15.9. The number of rotatable bonds is 8. The van der Waals surface area contributed by atoms with Crippen molar-refractivity contribution < 1.29 is 8.42 Å². The first-order chi connectivity index (χ1) is 17.8. The van der Waals surface area contributed by atoms with E-state index in [1.165, 1.54) is 20.5 Å². The van der Waals surface area contributed by atoms with E-state index in [1.807, 2.05) is 30.0 Å². The normalized spacial score (nSPS) is 18.3. The zero-order valence-electron chi connectivity index (χ0n) is 20.9. The predicted molar refractivity (Wildman–Crippen MR) is 155 cm³/mol. The summed E-state index contributed by atoms with van der Waals surface area (Å²) in [4.78, 5) is 4.27. The molecule has 2 aliphatic heterocycles. The quantitative estimate of drug-likeness (QED) is 0.292. The Bertz CT molecular complexity index is 1320. The largest absolute Gasteiger partial charge is 0.303 e. The highest BCUT2D eigenvalue weighted by atomic mass is 35.5. The number of fused-ring (bicyclic) bond motifs is 2. The van der Waals surface area contributed by atoms with Gasteiger partial charge in [0, 0.05) is 39.7 Å². The van der Waals surface area contributed by atoms with Crippen molar-refractivity contribution in [1.82, 2.24) is 9.21 Å². The van der Waals surface area contributed by atoms with Gasteiger partial charge in [0.25, 0.3) is 0 Å². The third-order valence-electron chi connectivity index (χ3n) is 7.85. The van der Waals surface area contributed by atoms with Gasteiger partial charge in [-0.3, -0.25) is 0 Å². The first kappa shape index (κ1) is 27.0. The highest BCUT2D eigenvalue weighted by Crippen LogP contribution is 2.49. The molecule has 0 bridgehead atoms. The lowest BCUT2D eigenvalue weighted by Gasteiger charge is -2.40. The van der Waals surface area contributed by atoms with E-state index in [1.54, 1.807) is 37.4 Å². The molecule has 1 atom stereocenters. The molecule has 0 N–H and O–H groups in total. The number of likely N-dealkylation sites (N-methyl/N-ethyl adjacent to an activating group) is 1. The zero-order valence-corrected chi connectivity index (χ0v) is 24.1. The minimum absolute atomic E-state index is 0.0293. The Morgan fingerprint density at radius 1 is 0.973 bits per heavy atom. The molecule has 0 amide bonds. The lowest BCUT2D eigenvalue weighted by Crippen LogP contribution is -2.43. The summed E-state index contributed by atoms with van der Waals surface area (Å²) >= 11 is 14.7. The second kappa shape index (κ2) is 11.3. The van der Waals surface area contributed by atoms with Crippen LogP contribution in [0.25, 0.3) is 0 Å². The molecule has 0 aromatic heterocycles. The molecule has 8 heteroatoms. The fourth-order valence-corrected chi connectivity index (χ4v) is 8.91. The lowest BCUT2D eigenvalue weighted by atomic mass is 9.74. The van der Waals surface area contributed by atoms with Crippen LogP contribution in [-0.2, 0) is 15.4 Å². The minimum Gasteiger partial charge on any atom is -0.303 e. The van der Waals surface area contributed by atoms with E-state index in [0.717, 1.165) is 44.5 Å². The van der Waals surface area contributed by atoms with Crippen molar-refractivity contribution in [2.45, 2.75) is 40.4 Å². The Kier molecular flexibility index (Phi) is 8.25. The zero-order chi connectivity index (χ0) is 26.0. The van der Waals surface area contributed by atoms with Crippen LogP contribution in [0.15, 0.2) is 82.6 Å². The molecule has 1 saturated heterocycles. The molecule has 5 rings (SSSR count). The van der Waals surface area contributed by atoms with Crippen LogP contribution in [0, 0.1) is 0 Å². The maximum Gasteiger partial charge on any atom is 0.242 e. The van der Waals surface area contributed by atoms with Crippen molar-refractivity contribution in [1.29, 1.82) is 0 Å². The van der Waals surface area contributed by atoms with Crippen molar-refractivity contribution in [2.75, 3.05) is 39.0 Å². The number of sulfonamides is 1. The van der Waals surface area contributed by atoms with Gasteiger partial charge < -0.3 is 4.90 Å². The molecule has 0 saturated carbocycles. The molecular weight excluding hydrogens is 543 g/mol. The molecule has 0 aliphatic carbocycles. The van der Waals surface area contributed by atoms with Crippen LogP contribution in [-0.4, -0.2) is 56.6 Å². The van der Waals surface area contributed by atoms with Crippen molar-refractivity contribution in [2.24, 2.45) is 0 Å². The fourth-order valence-electron chi connectivity index (χ4n) is 5.64. The van der Waals surface area contributed by atoms with E-state index in [9.17, 15) is 8.42 Å². The predicted octanol–water partition coefficient (Wildman–Crippen LogP) is 6.93. The highest BCUT2D eigenvalue weighted by Gasteiger charge is 2.41. The maximum atomic E-state index is 13.2. The Hall–Kier alpha value is -1.54. The molecule has 1 spiro atoms. The lowest BCUT2D eigenvalue weighted by molar-refractivity contribution is 0.166. The van der Waals surface area contributed by atoms with Crippen molar-refractivity contribution in [3.8, 4) is 0 Å². The summed E-state index contributed by atoms with van der Waals surface area (Å²) in [7, 11) is -1.94. The second-order valence-electron chi connectivity index (χ2n) is 10.2. The van der Waals surface area contributed by atoms with Gasteiger partial charge in [-0.25, -0.2) is 12.7 Å². The van der Waals surface area contributed by atoms with Crippen LogP contribution in [0.1, 0.15) is 36.3 Å².